The normalized spacial score (nSPS) is 13.2. The number of alkyl halides is 6. The van der Waals surface area contributed by atoms with Gasteiger partial charge in [-0.2, -0.15) is 31.4 Å². The smallest absolute Gasteiger partial charge is 0.348 e. The molecule has 1 aromatic carbocycles. The first-order valence-corrected chi connectivity index (χ1v) is 14.0. The van der Waals surface area contributed by atoms with Gasteiger partial charge in [0.15, 0.2) is 11.5 Å². The van der Waals surface area contributed by atoms with Gasteiger partial charge in [-0.3, -0.25) is 19.1 Å². The third-order valence-electron chi connectivity index (χ3n) is 5.17. The van der Waals surface area contributed by atoms with Crippen LogP contribution in [-0.2, 0) is 20.7 Å². The molecule has 3 amide bonds. The van der Waals surface area contributed by atoms with E-state index in [1.807, 2.05) is 0 Å². The zero-order valence-electron chi connectivity index (χ0n) is 21.2. The third kappa shape index (κ3) is 7.92. The Balaban J connectivity index is 1.94. The van der Waals surface area contributed by atoms with Gasteiger partial charge < -0.3 is 10.6 Å². The zero-order valence-corrected chi connectivity index (χ0v) is 23.5. The average Bonchev–Trinajstić information content (AvgIpc) is 3.31. The lowest BCUT2D eigenvalue weighted by Crippen LogP contribution is -2.41. The second kappa shape index (κ2) is 12.2. The number of hydrogen-bond donors (Lipinski definition) is 3. The molecule has 3 aromatic rings. The molecule has 0 aliphatic heterocycles. The van der Waals surface area contributed by atoms with Crippen LogP contribution in [0, 0.1) is 6.92 Å². The van der Waals surface area contributed by atoms with E-state index in [1.54, 1.807) is 0 Å². The lowest BCUT2D eigenvalue weighted by Gasteiger charge is -2.15. The summed E-state index contributed by atoms with van der Waals surface area (Å²) < 4.78 is 91.9. The predicted octanol–water partition coefficient (Wildman–Crippen LogP) is 4.19. The average molecular weight is 659 g/mol. The van der Waals surface area contributed by atoms with Crippen molar-refractivity contribution in [1.29, 1.82) is 0 Å². The predicted molar refractivity (Wildman–Crippen MR) is 142 cm³/mol. The Kier molecular flexibility index (Phi) is 9.48. The number of nitrogens with one attached hydrogen (secondary N) is 3. The molecule has 0 saturated heterocycles. The number of nitrogens with zero attached hydrogens (tertiary/aromatic N) is 3. The number of anilines is 1. The fraction of sp³-hybridized carbons (Fsp3) is 0.217. The quantitative estimate of drug-likeness (QED) is 0.257. The maximum absolute atomic E-state index is 13.5. The summed E-state index contributed by atoms with van der Waals surface area (Å²) >= 11 is 12.1. The zero-order chi connectivity index (χ0) is 31.6. The van der Waals surface area contributed by atoms with Gasteiger partial charge in [-0.25, -0.2) is 13.9 Å². The van der Waals surface area contributed by atoms with E-state index >= 15 is 0 Å². The van der Waals surface area contributed by atoms with Crippen LogP contribution in [-0.4, -0.2) is 61.0 Å². The van der Waals surface area contributed by atoms with E-state index in [-0.39, 0.29) is 32.7 Å². The Labute approximate surface area is 243 Å². The van der Waals surface area contributed by atoms with Crippen molar-refractivity contribution in [3.05, 3.63) is 69.1 Å². The van der Waals surface area contributed by atoms with Crippen molar-refractivity contribution in [2.24, 2.45) is 0 Å². The monoisotopic (exact) mass is 658 g/mol. The minimum atomic E-state index is -5.29. The molecule has 2 heterocycles. The van der Waals surface area contributed by atoms with Crippen LogP contribution in [0.2, 0.25) is 10.0 Å². The molecule has 0 aliphatic carbocycles. The molecule has 226 valence electrons. The maximum Gasteiger partial charge on any atom is 0.472 e. The molecule has 42 heavy (non-hydrogen) atoms. The summed E-state index contributed by atoms with van der Waals surface area (Å²) in [6, 6.07) is 5.60. The highest BCUT2D eigenvalue weighted by atomic mass is 35.5. The van der Waals surface area contributed by atoms with Gasteiger partial charge in [0.1, 0.15) is 5.69 Å². The van der Waals surface area contributed by atoms with Crippen LogP contribution in [0.3, 0.4) is 0 Å². The number of carbonyl (C=O) groups is 3. The second-order valence-electron chi connectivity index (χ2n) is 8.44. The number of hydrogen-bond acceptors (Lipinski definition) is 6. The number of aromatic nitrogens is 3. The molecule has 0 fully saturated rings. The minimum absolute atomic E-state index is 0.0148. The number of benzene rings is 1. The molecule has 0 aliphatic rings. The summed E-state index contributed by atoms with van der Waals surface area (Å²) in [7, 11) is -3.69. The number of aryl methyl sites for hydroxylation is 1. The van der Waals surface area contributed by atoms with Crippen LogP contribution >= 0.6 is 23.2 Å². The Morgan fingerprint density at radius 3 is 2.33 bits per heavy atom. The minimum Gasteiger partial charge on any atom is -0.348 e. The van der Waals surface area contributed by atoms with Crippen LogP contribution < -0.4 is 15.4 Å². The fourth-order valence-electron chi connectivity index (χ4n) is 3.31. The molecular formula is C23H18Cl2F6N6O4S. The van der Waals surface area contributed by atoms with E-state index in [0.717, 1.165) is 17.7 Å². The van der Waals surface area contributed by atoms with E-state index in [0.29, 0.717) is 10.7 Å². The molecule has 3 N–H and O–H groups in total. The van der Waals surface area contributed by atoms with Gasteiger partial charge in [0.05, 0.1) is 16.3 Å². The summed E-state index contributed by atoms with van der Waals surface area (Å²) in [5.41, 5.74) is -2.39. The standard InChI is InChI=1S/C23H18Cl2F6N6O4S/c1-11-8-12(24)9-13(19(38)33-6-7-42(2,41)36-21(40)23(29,30)31)17(11)34-20(39)15-10-16(22(26,27)28)35-37(15)18-14(25)4-3-5-32-18/h3-5,7-10H,6H2,1-2H3,(H,33,38)(H,34,39)(H,36,40,41). The lowest BCUT2D eigenvalue weighted by molar-refractivity contribution is -0.171. The van der Waals surface area contributed by atoms with Crippen LogP contribution in [0.25, 0.3) is 5.82 Å². The summed E-state index contributed by atoms with van der Waals surface area (Å²) in [5, 5.41) is 8.61. The molecule has 0 radical (unpaired) electrons. The highest BCUT2D eigenvalue weighted by molar-refractivity contribution is 7.99. The summed E-state index contributed by atoms with van der Waals surface area (Å²) in [4.78, 5) is 41.1. The van der Waals surface area contributed by atoms with Gasteiger partial charge >= 0.3 is 18.3 Å². The molecule has 10 nitrogen and oxygen atoms in total. The van der Waals surface area contributed by atoms with E-state index in [9.17, 15) is 44.9 Å². The number of pyridine rings is 1. The second-order valence-corrected chi connectivity index (χ2v) is 11.6. The Bertz CT molecular complexity index is 1680. The van der Waals surface area contributed by atoms with Gasteiger partial charge in [0, 0.05) is 45.2 Å². The van der Waals surface area contributed by atoms with Crippen LogP contribution in [0.1, 0.15) is 32.1 Å². The van der Waals surface area contributed by atoms with E-state index in [1.165, 1.54) is 36.0 Å². The molecule has 19 heteroatoms. The maximum atomic E-state index is 13.5. The van der Waals surface area contributed by atoms with Crippen LogP contribution in [0.5, 0.6) is 0 Å². The third-order valence-corrected chi connectivity index (χ3v) is 7.08. The van der Waals surface area contributed by atoms with Crippen molar-refractivity contribution in [1.82, 2.24) is 24.8 Å². The summed E-state index contributed by atoms with van der Waals surface area (Å²) in [6.07, 6.45) is -8.23. The number of halogens is 8. The Hall–Kier alpha value is -3.83. The highest BCUT2D eigenvalue weighted by Crippen LogP contribution is 2.32. The molecule has 1 atom stereocenters. The van der Waals surface area contributed by atoms with Gasteiger partial charge in [-0.15, -0.1) is 0 Å². The lowest BCUT2D eigenvalue weighted by atomic mass is 10.1. The van der Waals surface area contributed by atoms with E-state index in [4.69, 9.17) is 23.2 Å². The molecular weight excluding hydrogens is 641 g/mol. The molecule has 1 unspecified atom stereocenters. The first kappa shape index (κ1) is 32.7. The molecule has 0 spiro atoms. The van der Waals surface area contributed by atoms with Gasteiger partial charge in [-0.1, -0.05) is 23.2 Å². The van der Waals surface area contributed by atoms with Crippen molar-refractivity contribution in [2.45, 2.75) is 19.3 Å². The Morgan fingerprint density at radius 2 is 1.74 bits per heavy atom. The van der Waals surface area contributed by atoms with Crippen molar-refractivity contribution in [3.8, 4) is 5.82 Å². The topological polar surface area (TPSA) is 135 Å². The van der Waals surface area contributed by atoms with Crippen molar-refractivity contribution < 1.29 is 44.9 Å². The van der Waals surface area contributed by atoms with Gasteiger partial charge in [0.25, 0.3) is 11.8 Å². The largest absolute Gasteiger partial charge is 0.472 e. The van der Waals surface area contributed by atoms with Gasteiger partial charge in [-0.05, 0) is 36.8 Å². The first-order chi connectivity index (χ1) is 19.3. The summed E-state index contributed by atoms with van der Waals surface area (Å²) in [5.74, 6) is -4.87. The van der Waals surface area contributed by atoms with Crippen LogP contribution in [0.15, 0.2) is 36.5 Å². The van der Waals surface area contributed by atoms with Crippen LogP contribution in [0.4, 0.5) is 32.0 Å². The van der Waals surface area contributed by atoms with Gasteiger partial charge in [0.2, 0.25) is 0 Å². The highest BCUT2D eigenvalue weighted by Gasteiger charge is 2.40. The SMILES string of the molecule is Cc1cc(Cl)cc(C(=O)NCC=S(C)(=O)NC(=O)C(F)(F)F)c1NC(=O)c1cc(C(F)(F)F)nn1-c1ncccc1Cl. The first-order valence-electron chi connectivity index (χ1n) is 11.2. The van der Waals surface area contributed by atoms with E-state index < -0.39 is 57.7 Å². The number of rotatable bonds is 7. The summed E-state index contributed by atoms with van der Waals surface area (Å²) in [6.45, 7) is 0.815. The van der Waals surface area contributed by atoms with Crippen molar-refractivity contribution in [2.75, 3.05) is 18.1 Å². The number of carbonyl (C=O) groups excluding carboxylic acids is 3. The molecule has 3 rings (SSSR count). The molecule has 0 saturated carbocycles. The van der Waals surface area contributed by atoms with E-state index in [2.05, 4.69) is 20.7 Å². The Morgan fingerprint density at radius 1 is 1.07 bits per heavy atom. The number of amides is 3. The molecule has 0 bridgehead atoms. The molecule has 2 aromatic heterocycles. The fourth-order valence-corrected chi connectivity index (χ4v) is 4.76. The van der Waals surface area contributed by atoms with Crippen molar-refractivity contribution >= 4 is 61.7 Å². The van der Waals surface area contributed by atoms with Crippen molar-refractivity contribution in [3.63, 3.8) is 0 Å².